The van der Waals surface area contributed by atoms with Gasteiger partial charge in [0.05, 0.1) is 12.7 Å². The topological polar surface area (TPSA) is 113 Å². The predicted molar refractivity (Wildman–Crippen MR) is 47.2 cm³/mol. The number of aliphatic hydroxyl groups is 1. The number of carbonyl (C=O) groups is 2. The first-order valence-electron chi connectivity index (χ1n) is 4.12. The van der Waals surface area contributed by atoms with E-state index in [2.05, 4.69) is 15.0 Å². The molecule has 0 aromatic carbocycles. The Hall–Kier alpha value is -1.89. The second-order valence-electron chi connectivity index (χ2n) is 2.90. The SMILES string of the molecule is Cc1cnoc1C(=O)NCC(O)C(=O)O. The monoisotopic (exact) mass is 214 g/mol. The Morgan fingerprint density at radius 1 is 1.67 bits per heavy atom. The summed E-state index contributed by atoms with van der Waals surface area (Å²) in [6.07, 6.45) is -0.264. The van der Waals surface area contributed by atoms with Gasteiger partial charge in [0.1, 0.15) is 0 Å². The summed E-state index contributed by atoms with van der Waals surface area (Å²) in [6.45, 7) is 1.24. The number of aromatic nitrogens is 1. The third-order valence-electron chi connectivity index (χ3n) is 1.70. The fourth-order valence-corrected chi connectivity index (χ4v) is 0.866. The number of carbonyl (C=O) groups excluding carboxylic acids is 1. The van der Waals surface area contributed by atoms with Crippen LogP contribution in [0.2, 0.25) is 0 Å². The van der Waals surface area contributed by atoms with Gasteiger partial charge in [-0.3, -0.25) is 4.79 Å². The minimum atomic E-state index is -1.63. The van der Waals surface area contributed by atoms with Gasteiger partial charge in [0.25, 0.3) is 5.91 Å². The second kappa shape index (κ2) is 4.56. The van der Waals surface area contributed by atoms with Crippen molar-refractivity contribution in [2.45, 2.75) is 13.0 Å². The van der Waals surface area contributed by atoms with Crippen molar-refractivity contribution in [1.82, 2.24) is 10.5 Å². The van der Waals surface area contributed by atoms with E-state index < -0.39 is 18.0 Å². The molecule has 1 unspecified atom stereocenters. The molecule has 0 fully saturated rings. The van der Waals surface area contributed by atoms with Crippen LogP contribution in [0.25, 0.3) is 0 Å². The minimum absolute atomic E-state index is 0.00703. The lowest BCUT2D eigenvalue weighted by Gasteiger charge is -2.05. The molecule has 0 spiro atoms. The van der Waals surface area contributed by atoms with Crippen LogP contribution >= 0.6 is 0 Å². The lowest BCUT2D eigenvalue weighted by atomic mass is 10.2. The van der Waals surface area contributed by atoms with Crippen LogP contribution in [0.15, 0.2) is 10.7 Å². The first-order chi connectivity index (χ1) is 7.02. The smallest absolute Gasteiger partial charge is 0.334 e. The third-order valence-corrected chi connectivity index (χ3v) is 1.70. The number of hydrogen-bond acceptors (Lipinski definition) is 5. The van der Waals surface area contributed by atoms with Gasteiger partial charge in [-0.1, -0.05) is 5.16 Å². The maximum Gasteiger partial charge on any atom is 0.334 e. The van der Waals surface area contributed by atoms with E-state index in [0.29, 0.717) is 5.56 Å². The van der Waals surface area contributed by atoms with Crippen molar-refractivity contribution in [2.75, 3.05) is 6.54 Å². The first kappa shape index (κ1) is 11.2. The number of carboxylic acid groups (broad SMARTS) is 1. The maximum absolute atomic E-state index is 11.3. The Morgan fingerprint density at radius 2 is 2.33 bits per heavy atom. The molecule has 0 bridgehead atoms. The maximum atomic E-state index is 11.3. The number of nitrogens with zero attached hydrogens (tertiary/aromatic N) is 1. The molecule has 0 saturated carbocycles. The van der Waals surface area contributed by atoms with Crippen molar-refractivity contribution in [1.29, 1.82) is 0 Å². The molecular formula is C8H10N2O5. The number of aliphatic hydroxyl groups excluding tert-OH is 1. The van der Waals surface area contributed by atoms with Crippen molar-refractivity contribution < 1.29 is 24.3 Å². The standard InChI is InChI=1S/C8H10N2O5/c1-4-2-10-15-6(4)7(12)9-3-5(11)8(13)14/h2,5,11H,3H2,1H3,(H,9,12)(H,13,14). The molecule has 82 valence electrons. The molecule has 0 aliphatic heterocycles. The van der Waals surface area contributed by atoms with Gasteiger partial charge in [-0.15, -0.1) is 0 Å². The molecule has 15 heavy (non-hydrogen) atoms. The van der Waals surface area contributed by atoms with E-state index in [1.807, 2.05) is 0 Å². The normalized spacial score (nSPS) is 12.1. The van der Waals surface area contributed by atoms with Gasteiger partial charge in [-0.2, -0.15) is 0 Å². The van der Waals surface area contributed by atoms with Crippen LogP contribution in [0.1, 0.15) is 16.1 Å². The van der Waals surface area contributed by atoms with Crippen LogP contribution in [0.3, 0.4) is 0 Å². The Kier molecular flexibility index (Phi) is 3.40. The van der Waals surface area contributed by atoms with Crippen LogP contribution in [-0.4, -0.2) is 39.9 Å². The van der Waals surface area contributed by atoms with Crippen LogP contribution in [0.4, 0.5) is 0 Å². The molecule has 1 rings (SSSR count). The summed E-state index contributed by atoms with van der Waals surface area (Å²) in [5.74, 6) is -2.00. The number of aryl methyl sites for hydroxylation is 1. The highest BCUT2D eigenvalue weighted by Crippen LogP contribution is 2.04. The average Bonchev–Trinajstić information content (AvgIpc) is 2.60. The molecular weight excluding hydrogens is 204 g/mol. The fourth-order valence-electron chi connectivity index (χ4n) is 0.866. The van der Waals surface area contributed by atoms with Crippen LogP contribution in [0.5, 0.6) is 0 Å². The lowest BCUT2D eigenvalue weighted by Crippen LogP contribution is -2.36. The molecule has 3 N–H and O–H groups in total. The number of rotatable bonds is 4. The van der Waals surface area contributed by atoms with Gasteiger partial charge in [0, 0.05) is 5.56 Å². The van der Waals surface area contributed by atoms with E-state index in [4.69, 9.17) is 10.2 Å². The van der Waals surface area contributed by atoms with E-state index in [-0.39, 0.29) is 12.3 Å². The van der Waals surface area contributed by atoms with E-state index >= 15 is 0 Å². The molecule has 1 atom stereocenters. The van der Waals surface area contributed by atoms with Gasteiger partial charge in [-0.05, 0) is 6.92 Å². The quantitative estimate of drug-likeness (QED) is 0.602. The van der Waals surface area contributed by atoms with E-state index in [0.717, 1.165) is 0 Å². The van der Waals surface area contributed by atoms with Crippen molar-refractivity contribution in [2.24, 2.45) is 0 Å². The van der Waals surface area contributed by atoms with Gasteiger partial charge in [-0.25, -0.2) is 4.79 Å². The summed E-state index contributed by atoms with van der Waals surface area (Å²) < 4.78 is 4.63. The van der Waals surface area contributed by atoms with E-state index in [1.165, 1.54) is 6.20 Å². The lowest BCUT2D eigenvalue weighted by molar-refractivity contribution is -0.146. The molecule has 0 aliphatic rings. The zero-order valence-electron chi connectivity index (χ0n) is 7.93. The zero-order chi connectivity index (χ0) is 11.4. The van der Waals surface area contributed by atoms with Gasteiger partial charge < -0.3 is 20.1 Å². The third kappa shape index (κ3) is 2.78. The Bertz CT molecular complexity index is 373. The van der Waals surface area contributed by atoms with Crippen molar-refractivity contribution in [3.8, 4) is 0 Å². The highest BCUT2D eigenvalue weighted by Gasteiger charge is 2.18. The van der Waals surface area contributed by atoms with Crippen LogP contribution in [-0.2, 0) is 4.79 Å². The summed E-state index contributed by atoms with van der Waals surface area (Å²) in [5, 5.41) is 22.8. The molecule has 1 aromatic rings. The van der Waals surface area contributed by atoms with Crippen molar-refractivity contribution in [3.05, 3.63) is 17.5 Å². The fraction of sp³-hybridized carbons (Fsp3) is 0.375. The molecule has 7 heteroatoms. The minimum Gasteiger partial charge on any atom is -0.479 e. The van der Waals surface area contributed by atoms with Gasteiger partial charge >= 0.3 is 5.97 Å². The van der Waals surface area contributed by atoms with Gasteiger partial charge in [0.15, 0.2) is 6.10 Å². The number of amides is 1. The summed E-state index contributed by atoms with van der Waals surface area (Å²) >= 11 is 0. The van der Waals surface area contributed by atoms with E-state index in [1.54, 1.807) is 6.92 Å². The molecule has 0 aliphatic carbocycles. The molecule has 1 heterocycles. The van der Waals surface area contributed by atoms with Crippen LogP contribution < -0.4 is 5.32 Å². The summed E-state index contributed by atoms with van der Waals surface area (Å²) in [4.78, 5) is 21.5. The Balaban J connectivity index is 2.51. The molecule has 0 saturated heterocycles. The van der Waals surface area contributed by atoms with Crippen LogP contribution in [0, 0.1) is 6.92 Å². The number of carboxylic acids is 1. The summed E-state index contributed by atoms with van der Waals surface area (Å²) in [5.41, 5.74) is 0.539. The number of nitrogens with one attached hydrogen (secondary N) is 1. The summed E-state index contributed by atoms with van der Waals surface area (Å²) in [6, 6.07) is 0. The Morgan fingerprint density at radius 3 is 2.80 bits per heavy atom. The highest BCUT2D eigenvalue weighted by atomic mass is 16.5. The van der Waals surface area contributed by atoms with E-state index in [9.17, 15) is 9.59 Å². The predicted octanol–water partition coefficient (Wildman–Crippen LogP) is -0.842. The van der Waals surface area contributed by atoms with Gasteiger partial charge in [0.2, 0.25) is 5.76 Å². The summed E-state index contributed by atoms with van der Waals surface area (Å²) in [7, 11) is 0. The number of aliphatic carboxylic acids is 1. The van der Waals surface area contributed by atoms with Crippen molar-refractivity contribution >= 4 is 11.9 Å². The average molecular weight is 214 g/mol. The number of hydrogen-bond donors (Lipinski definition) is 3. The second-order valence-corrected chi connectivity index (χ2v) is 2.90. The highest BCUT2D eigenvalue weighted by molar-refractivity contribution is 5.92. The molecule has 1 amide bonds. The Labute approximate surface area is 84.7 Å². The molecule has 7 nitrogen and oxygen atoms in total. The first-order valence-corrected chi connectivity index (χ1v) is 4.12. The molecule has 1 aromatic heterocycles. The molecule has 0 radical (unpaired) electrons. The largest absolute Gasteiger partial charge is 0.479 e. The zero-order valence-corrected chi connectivity index (χ0v) is 7.93. The van der Waals surface area contributed by atoms with Crippen molar-refractivity contribution in [3.63, 3.8) is 0 Å².